The maximum absolute atomic E-state index is 12.8. The summed E-state index contributed by atoms with van der Waals surface area (Å²) in [6.45, 7) is 6.22. The molecule has 0 spiro atoms. The van der Waals surface area contributed by atoms with Gasteiger partial charge in [0, 0.05) is 5.56 Å². The SMILES string of the molecule is CCC[C@H](C1CCCCC1)N(N)C(=O)c1cc(C)cc(C)c1. The molecule has 3 heteroatoms. The van der Waals surface area contributed by atoms with Crippen LogP contribution >= 0.6 is 0 Å². The number of benzene rings is 1. The van der Waals surface area contributed by atoms with Crippen molar-refractivity contribution in [2.45, 2.75) is 71.8 Å². The smallest absolute Gasteiger partial charge is 0.268 e. The molecule has 0 saturated heterocycles. The van der Waals surface area contributed by atoms with Gasteiger partial charge >= 0.3 is 0 Å². The summed E-state index contributed by atoms with van der Waals surface area (Å²) in [5.74, 6) is 6.83. The van der Waals surface area contributed by atoms with E-state index in [-0.39, 0.29) is 11.9 Å². The topological polar surface area (TPSA) is 46.3 Å². The zero-order valence-electron chi connectivity index (χ0n) is 14.3. The van der Waals surface area contributed by atoms with Gasteiger partial charge in [-0.1, -0.05) is 49.8 Å². The predicted octanol–water partition coefficient (Wildman–Crippen LogP) is 4.37. The van der Waals surface area contributed by atoms with Crippen LogP contribution in [-0.2, 0) is 0 Å². The van der Waals surface area contributed by atoms with Crippen LogP contribution in [0.5, 0.6) is 0 Å². The fourth-order valence-electron chi connectivity index (χ4n) is 3.81. The van der Waals surface area contributed by atoms with E-state index in [2.05, 4.69) is 13.0 Å². The Morgan fingerprint density at radius 3 is 2.32 bits per heavy atom. The number of hydrogen-bond acceptors (Lipinski definition) is 2. The highest BCUT2D eigenvalue weighted by molar-refractivity contribution is 5.94. The molecule has 1 aromatic rings. The van der Waals surface area contributed by atoms with Gasteiger partial charge in [0.25, 0.3) is 5.91 Å². The normalized spacial score (nSPS) is 17.3. The first kappa shape index (κ1) is 17.0. The van der Waals surface area contributed by atoms with E-state index in [0.29, 0.717) is 5.92 Å². The van der Waals surface area contributed by atoms with E-state index in [9.17, 15) is 4.79 Å². The average molecular weight is 302 g/mol. The van der Waals surface area contributed by atoms with E-state index < -0.39 is 0 Å². The van der Waals surface area contributed by atoms with Crippen LogP contribution in [0, 0.1) is 19.8 Å². The van der Waals surface area contributed by atoms with E-state index in [4.69, 9.17) is 5.84 Å². The fourth-order valence-corrected chi connectivity index (χ4v) is 3.81. The first-order chi connectivity index (χ1) is 10.5. The maximum Gasteiger partial charge on any atom is 0.268 e. The van der Waals surface area contributed by atoms with E-state index >= 15 is 0 Å². The average Bonchev–Trinajstić information content (AvgIpc) is 2.51. The van der Waals surface area contributed by atoms with Crippen molar-refractivity contribution >= 4 is 5.91 Å². The molecule has 2 rings (SSSR count). The van der Waals surface area contributed by atoms with Crippen molar-refractivity contribution in [2.75, 3.05) is 0 Å². The quantitative estimate of drug-likeness (QED) is 0.499. The number of nitrogens with two attached hydrogens (primary N) is 1. The molecule has 122 valence electrons. The molecule has 0 heterocycles. The Morgan fingerprint density at radius 2 is 1.77 bits per heavy atom. The lowest BCUT2D eigenvalue weighted by atomic mass is 9.82. The molecule has 0 aliphatic heterocycles. The second kappa shape index (κ2) is 7.77. The molecule has 1 saturated carbocycles. The van der Waals surface area contributed by atoms with Crippen LogP contribution < -0.4 is 5.84 Å². The molecule has 2 N–H and O–H groups in total. The number of rotatable bonds is 5. The molecule has 3 nitrogen and oxygen atoms in total. The van der Waals surface area contributed by atoms with Gasteiger partial charge in [0.05, 0.1) is 6.04 Å². The molecule has 0 bridgehead atoms. The van der Waals surface area contributed by atoms with Crippen molar-refractivity contribution in [3.63, 3.8) is 0 Å². The summed E-state index contributed by atoms with van der Waals surface area (Å²) in [6, 6.07) is 6.15. The molecule has 1 amide bonds. The predicted molar refractivity (Wildman–Crippen MR) is 91.5 cm³/mol. The molecular formula is C19H30N2O. The van der Waals surface area contributed by atoms with Gasteiger partial charge in [0.15, 0.2) is 0 Å². The third-order valence-electron chi connectivity index (χ3n) is 4.84. The minimum Gasteiger partial charge on any atom is -0.273 e. The molecule has 0 aromatic heterocycles. The van der Waals surface area contributed by atoms with Crippen LogP contribution in [-0.4, -0.2) is 17.0 Å². The van der Waals surface area contributed by atoms with Gasteiger partial charge in [-0.25, -0.2) is 5.84 Å². The van der Waals surface area contributed by atoms with Gasteiger partial charge in [-0.3, -0.25) is 9.80 Å². The Bertz CT molecular complexity index is 486. The van der Waals surface area contributed by atoms with Crippen molar-refractivity contribution in [1.82, 2.24) is 5.01 Å². The lowest BCUT2D eigenvalue weighted by molar-refractivity contribution is 0.0548. The summed E-state index contributed by atoms with van der Waals surface area (Å²) >= 11 is 0. The van der Waals surface area contributed by atoms with E-state index in [0.717, 1.165) is 29.5 Å². The molecule has 1 atom stereocenters. The Kier molecular flexibility index (Phi) is 6.01. The number of nitrogens with zero attached hydrogens (tertiary/aromatic N) is 1. The Balaban J connectivity index is 2.17. The van der Waals surface area contributed by atoms with Gasteiger partial charge in [-0.2, -0.15) is 0 Å². The number of amides is 1. The fraction of sp³-hybridized carbons (Fsp3) is 0.632. The van der Waals surface area contributed by atoms with Crippen LogP contribution in [0.4, 0.5) is 0 Å². The van der Waals surface area contributed by atoms with Crippen LogP contribution in [0.1, 0.15) is 73.4 Å². The highest BCUT2D eigenvalue weighted by Gasteiger charge is 2.30. The zero-order chi connectivity index (χ0) is 16.1. The molecular weight excluding hydrogens is 272 g/mol. The summed E-state index contributed by atoms with van der Waals surface area (Å²) in [5, 5.41) is 1.54. The van der Waals surface area contributed by atoms with Crippen LogP contribution in [0.25, 0.3) is 0 Å². The van der Waals surface area contributed by atoms with Gasteiger partial charge < -0.3 is 0 Å². The number of hydrogen-bond donors (Lipinski definition) is 1. The molecule has 1 fully saturated rings. The first-order valence-corrected chi connectivity index (χ1v) is 8.69. The van der Waals surface area contributed by atoms with Crippen molar-refractivity contribution in [2.24, 2.45) is 11.8 Å². The largest absolute Gasteiger partial charge is 0.273 e. The molecule has 1 aliphatic carbocycles. The molecule has 22 heavy (non-hydrogen) atoms. The summed E-state index contributed by atoms with van der Waals surface area (Å²) in [5.41, 5.74) is 2.94. The monoisotopic (exact) mass is 302 g/mol. The molecule has 0 unspecified atom stereocenters. The Morgan fingerprint density at radius 1 is 1.18 bits per heavy atom. The molecule has 1 aromatic carbocycles. The molecule has 1 aliphatic rings. The summed E-state index contributed by atoms with van der Waals surface area (Å²) in [4.78, 5) is 12.8. The van der Waals surface area contributed by atoms with Crippen LogP contribution in [0.3, 0.4) is 0 Å². The summed E-state index contributed by atoms with van der Waals surface area (Å²) in [7, 11) is 0. The van der Waals surface area contributed by atoms with Crippen LogP contribution in [0.2, 0.25) is 0 Å². The maximum atomic E-state index is 12.8. The van der Waals surface area contributed by atoms with Crippen molar-refractivity contribution < 1.29 is 4.79 Å². The lowest BCUT2D eigenvalue weighted by Gasteiger charge is -2.36. The number of hydrazine groups is 1. The van der Waals surface area contributed by atoms with Crippen molar-refractivity contribution in [3.05, 3.63) is 34.9 Å². The first-order valence-electron chi connectivity index (χ1n) is 8.69. The second-order valence-electron chi connectivity index (χ2n) is 6.84. The Labute approximate surface area is 134 Å². The highest BCUT2D eigenvalue weighted by Crippen LogP contribution is 2.31. The standard InChI is InChI=1S/C19H30N2O/c1-4-8-18(16-9-6-5-7-10-16)21(20)19(22)17-12-14(2)11-15(3)13-17/h11-13,16,18H,4-10,20H2,1-3H3/t18-/m1/s1. The van der Waals surface area contributed by atoms with Crippen molar-refractivity contribution in [1.29, 1.82) is 0 Å². The number of carbonyl (C=O) groups is 1. The second-order valence-corrected chi connectivity index (χ2v) is 6.84. The summed E-state index contributed by atoms with van der Waals surface area (Å²) < 4.78 is 0. The van der Waals surface area contributed by atoms with Gasteiger partial charge in [0.2, 0.25) is 0 Å². The zero-order valence-corrected chi connectivity index (χ0v) is 14.3. The number of aryl methyl sites for hydroxylation is 2. The van der Waals surface area contributed by atoms with E-state index in [1.807, 2.05) is 26.0 Å². The minimum atomic E-state index is -0.0316. The third kappa shape index (κ3) is 4.10. The third-order valence-corrected chi connectivity index (χ3v) is 4.84. The van der Waals surface area contributed by atoms with Gasteiger partial charge in [-0.05, 0) is 51.2 Å². The van der Waals surface area contributed by atoms with Crippen molar-refractivity contribution in [3.8, 4) is 0 Å². The van der Waals surface area contributed by atoms with E-state index in [1.165, 1.54) is 37.1 Å². The Hall–Kier alpha value is -1.35. The highest BCUT2D eigenvalue weighted by atomic mass is 16.2. The summed E-state index contributed by atoms with van der Waals surface area (Å²) in [6.07, 6.45) is 8.35. The van der Waals surface area contributed by atoms with Crippen LogP contribution in [0.15, 0.2) is 18.2 Å². The number of carbonyl (C=O) groups excluding carboxylic acids is 1. The minimum absolute atomic E-state index is 0.0316. The van der Waals surface area contributed by atoms with Gasteiger partial charge in [0.1, 0.15) is 0 Å². The molecule has 0 radical (unpaired) electrons. The lowest BCUT2D eigenvalue weighted by Crippen LogP contribution is -2.49. The van der Waals surface area contributed by atoms with Gasteiger partial charge in [-0.15, -0.1) is 0 Å². The van der Waals surface area contributed by atoms with E-state index in [1.54, 1.807) is 0 Å².